The molecule has 0 aromatic carbocycles. The molecule has 1 saturated heterocycles. The summed E-state index contributed by atoms with van der Waals surface area (Å²) < 4.78 is 17.4. The molecule has 6 heteroatoms. The van der Waals surface area contributed by atoms with Gasteiger partial charge in [-0.25, -0.2) is 0 Å². The lowest BCUT2D eigenvalue weighted by Gasteiger charge is -2.32. The smallest absolute Gasteiger partial charge is 0.304 e. The van der Waals surface area contributed by atoms with Crippen LogP contribution in [0.2, 0.25) is 0 Å². The van der Waals surface area contributed by atoms with Crippen LogP contribution >= 0.6 is 0 Å². The maximum atomic E-state index is 11.9. The van der Waals surface area contributed by atoms with Crippen LogP contribution in [0.25, 0.3) is 0 Å². The first-order valence-electron chi connectivity index (χ1n) is 5.95. The molecule has 0 aromatic rings. The largest absolute Gasteiger partial charge is 0.481 e. The van der Waals surface area contributed by atoms with Crippen molar-refractivity contribution in [3.63, 3.8) is 0 Å². The van der Waals surface area contributed by atoms with Crippen LogP contribution in [0.3, 0.4) is 0 Å². The Kier molecular flexibility index (Phi) is 6.08. The van der Waals surface area contributed by atoms with E-state index in [0.717, 1.165) is 19.6 Å². The number of ether oxygens (including phenoxy) is 1. The molecule has 1 N–H and O–H groups in total. The first-order valence-corrected chi connectivity index (χ1v) is 7.34. The zero-order valence-corrected chi connectivity index (χ0v) is 11.2. The van der Waals surface area contributed by atoms with Gasteiger partial charge in [0.05, 0.1) is 24.9 Å². The molecular formula is C11H21NO4S. The molecule has 0 aliphatic carbocycles. The summed E-state index contributed by atoms with van der Waals surface area (Å²) in [5, 5.41) is 8.33. The second kappa shape index (κ2) is 7.08. The molecule has 1 aliphatic rings. The predicted molar refractivity (Wildman–Crippen MR) is 66.6 cm³/mol. The van der Waals surface area contributed by atoms with E-state index in [9.17, 15) is 9.00 Å². The van der Waals surface area contributed by atoms with Gasteiger partial charge in [0.25, 0.3) is 0 Å². The van der Waals surface area contributed by atoms with Crippen LogP contribution in [-0.4, -0.2) is 63.5 Å². The highest BCUT2D eigenvalue weighted by Gasteiger charge is 2.24. The summed E-state index contributed by atoms with van der Waals surface area (Å²) in [4.78, 5) is 12.8. The third kappa shape index (κ3) is 5.14. The summed E-state index contributed by atoms with van der Waals surface area (Å²) >= 11 is 0. The Morgan fingerprint density at radius 3 is 2.94 bits per heavy atom. The summed E-state index contributed by atoms with van der Waals surface area (Å²) in [5.41, 5.74) is 0. The fourth-order valence-corrected chi connectivity index (χ4v) is 3.08. The van der Waals surface area contributed by atoms with Gasteiger partial charge in [0.15, 0.2) is 0 Å². The first kappa shape index (κ1) is 14.6. The summed E-state index contributed by atoms with van der Waals surface area (Å²) in [6.45, 7) is 7.16. The van der Waals surface area contributed by atoms with Crippen molar-refractivity contribution in [2.75, 3.05) is 32.0 Å². The van der Waals surface area contributed by atoms with E-state index in [1.165, 1.54) is 0 Å². The molecule has 0 saturated carbocycles. The van der Waals surface area contributed by atoms with Crippen LogP contribution in [0.1, 0.15) is 20.3 Å². The zero-order valence-electron chi connectivity index (χ0n) is 10.4. The van der Waals surface area contributed by atoms with E-state index in [0.29, 0.717) is 12.4 Å². The highest BCUT2D eigenvalue weighted by molar-refractivity contribution is 7.85. The summed E-state index contributed by atoms with van der Waals surface area (Å²) in [6, 6.07) is 0. The van der Waals surface area contributed by atoms with Crippen molar-refractivity contribution in [2.45, 2.75) is 31.6 Å². The van der Waals surface area contributed by atoms with Gasteiger partial charge in [-0.1, -0.05) is 13.8 Å². The van der Waals surface area contributed by atoms with Crippen molar-refractivity contribution in [2.24, 2.45) is 0 Å². The van der Waals surface area contributed by atoms with Crippen LogP contribution < -0.4 is 0 Å². The van der Waals surface area contributed by atoms with Gasteiger partial charge >= 0.3 is 5.97 Å². The Hall–Kier alpha value is -0.460. The van der Waals surface area contributed by atoms with Crippen molar-refractivity contribution in [1.82, 2.24) is 4.90 Å². The van der Waals surface area contributed by atoms with Crippen LogP contribution in [0.4, 0.5) is 0 Å². The van der Waals surface area contributed by atoms with E-state index in [4.69, 9.17) is 9.84 Å². The van der Waals surface area contributed by atoms with Gasteiger partial charge in [0.2, 0.25) is 0 Å². The molecule has 1 fully saturated rings. The highest BCUT2D eigenvalue weighted by Crippen LogP contribution is 2.10. The monoisotopic (exact) mass is 263 g/mol. The number of nitrogens with zero attached hydrogens (tertiary/aromatic N) is 1. The molecule has 0 bridgehead atoms. The number of carboxylic acids is 1. The van der Waals surface area contributed by atoms with E-state index in [-0.39, 0.29) is 17.8 Å². The van der Waals surface area contributed by atoms with Crippen LogP contribution in [0.5, 0.6) is 0 Å². The number of aliphatic carboxylic acids is 1. The van der Waals surface area contributed by atoms with Gasteiger partial charge in [-0.2, -0.15) is 0 Å². The van der Waals surface area contributed by atoms with Crippen molar-refractivity contribution < 1.29 is 18.8 Å². The molecule has 5 nitrogen and oxygen atoms in total. The van der Waals surface area contributed by atoms with Crippen LogP contribution in [0.15, 0.2) is 0 Å². The predicted octanol–water partition coefficient (Wildman–Crippen LogP) is 0.319. The fourth-order valence-electron chi connectivity index (χ4n) is 1.85. The lowest BCUT2D eigenvalue weighted by atomic mass is 10.3. The Balaban J connectivity index is 2.37. The SMILES string of the molecule is CCN1CCOC(CS(=O)C(C)CC(=O)O)C1. The van der Waals surface area contributed by atoms with Crippen molar-refractivity contribution in [1.29, 1.82) is 0 Å². The number of rotatable bonds is 6. The number of likely N-dealkylation sites (N-methyl/N-ethyl adjacent to an activating group) is 1. The van der Waals surface area contributed by atoms with E-state index in [1.54, 1.807) is 6.92 Å². The van der Waals surface area contributed by atoms with E-state index < -0.39 is 16.8 Å². The quantitative estimate of drug-likeness (QED) is 0.747. The summed E-state index contributed by atoms with van der Waals surface area (Å²) in [5.74, 6) is -0.462. The third-order valence-corrected chi connectivity index (χ3v) is 4.70. The normalized spacial score (nSPS) is 25.4. The highest BCUT2D eigenvalue weighted by atomic mass is 32.2. The lowest BCUT2D eigenvalue weighted by molar-refractivity contribution is -0.136. The lowest BCUT2D eigenvalue weighted by Crippen LogP contribution is -2.45. The minimum absolute atomic E-state index is 0.0271. The fraction of sp³-hybridized carbons (Fsp3) is 0.909. The Morgan fingerprint density at radius 1 is 1.65 bits per heavy atom. The van der Waals surface area contributed by atoms with Gasteiger partial charge < -0.3 is 9.84 Å². The second-order valence-electron chi connectivity index (χ2n) is 4.34. The maximum Gasteiger partial charge on any atom is 0.304 e. The Labute approximate surface area is 105 Å². The number of hydrogen-bond donors (Lipinski definition) is 1. The van der Waals surface area contributed by atoms with Gasteiger partial charge in [-0.15, -0.1) is 0 Å². The Morgan fingerprint density at radius 2 is 2.35 bits per heavy atom. The van der Waals surface area contributed by atoms with Gasteiger partial charge in [0, 0.05) is 29.1 Å². The van der Waals surface area contributed by atoms with E-state index in [2.05, 4.69) is 11.8 Å². The number of hydrogen-bond acceptors (Lipinski definition) is 4. The molecule has 17 heavy (non-hydrogen) atoms. The molecular weight excluding hydrogens is 242 g/mol. The molecule has 3 atom stereocenters. The zero-order chi connectivity index (χ0) is 12.8. The average Bonchev–Trinajstić information content (AvgIpc) is 2.28. The topological polar surface area (TPSA) is 66.8 Å². The average molecular weight is 263 g/mol. The maximum absolute atomic E-state index is 11.9. The van der Waals surface area contributed by atoms with Gasteiger partial charge in [-0.3, -0.25) is 13.9 Å². The Bertz CT molecular complexity index is 285. The summed E-state index contributed by atoms with van der Waals surface area (Å²) in [6.07, 6.45) is -0.0719. The molecule has 1 aliphatic heterocycles. The number of carbonyl (C=O) groups is 1. The molecule has 1 heterocycles. The molecule has 0 radical (unpaired) electrons. The summed E-state index contributed by atoms with van der Waals surface area (Å²) in [7, 11) is -1.13. The minimum atomic E-state index is -1.13. The van der Waals surface area contributed by atoms with Crippen LogP contribution in [0, 0.1) is 0 Å². The number of carboxylic acid groups (broad SMARTS) is 1. The standard InChI is InChI=1S/C11H21NO4S/c1-3-12-4-5-16-10(7-12)8-17(15)9(2)6-11(13)14/h9-10H,3-8H2,1-2H3,(H,13,14). The van der Waals surface area contributed by atoms with Crippen molar-refractivity contribution >= 4 is 16.8 Å². The molecule has 0 amide bonds. The first-order chi connectivity index (χ1) is 8.02. The minimum Gasteiger partial charge on any atom is -0.481 e. The third-order valence-electron chi connectivity index (χ3n) is 2.93. The van der Waals surface area contributed by atoms with Crippen molar-refractivity contribution in [3.8, 4) is 0 Å². The number of morpholine rings is 1. The molecule has 1 rings (SSSR count). The van der Waals surface area contributed by atoms with Gasteiger partial charge in [-0.05, 0) is 6.54 Å². The molecule has 0 spiro atoms. The van der Waals surface area contributed by atoms with Gasteiger partial charge in [0.1, 0.15) is 0 Å². The molecule has 3 unspecified atom stereocenters. The van der Waals surface area contributed by atoms with Crippen LogP contribution in [-0.2, 0) is 20.3 Å². The molecule has 100 valence electrons. The van der Waals surface area contributed by atoms with E-state index >= 15 is 0 Å². The van der Waals surface area contributed by atoms with Crippen molar-refractivity contribution in [3.05, 3.63) is 0 Å². The van der Waals surface area contributed by atoms with E-state index in [1.807, 2.05) is 0 Å². The molecule has 0 aromatic heterocycles. The second-order valence-corrected chi connectivity index (χ2v) is 6.24.